The quantitative estimate of drug-likeness (QED) is 0.432. The van der Waals surface area contributed by atoms with Crippen LogP contribution in [0.3, 0.4) is 0 Å². The molecule has 1 aromatic carbocycles. The Morgan fingerprint density at radius 2 is 1.88 bits per heavy atom. The minimum absolute atomic E-state index is 0.332. The highest BCUT2D eigenvalue weighted by Crippen LogP contribution is 2.47. The van der Waals surface area contributed by atoms with Crippen molar-refractivity contribution < 1.29 is 14.3 Å². The molecule has 2 heterocycles. The van der Waals surface area contributed by atoms with Crippen LogP contribution in [0.2, 0.25) is 0 Å². The maximum absolute atomic E-state index is 12.4. The summed E-state index contributed by atoms with van der Waals surface area (Å²) in [5.74, 6) is 0.893. The van der Waals surface area contributed by atoms with Crippen LogP contribution < -0.4 is 5.73 Å². The predicted octanol–water partition coefficient (Wildman–Crippen LogP) is 1.66. The second kappa shape index (κ2) is 5.91. The number of nitrogens with zero attached hydrogens (tertiary/aromatic N) is 2. The van der Waals surface area contributed by atoms with Crippen molar-refractivity contribution in [2.24, 2.45) is 10.7 Å². The van der Waals surface area contributed by atoms with Gasteiger partial charge in [0.15, 0.2) is 5.96 Å². The van der Waals surface area contributed by atoms with Crippen molar-refractivity contribution in [3.8, 4) is 0 Å². The zero-order chi connectivity index (χ0) is 17.6. The molecule has 0 aromatic heterocycles. The van der Waals surface area contributed by atoms with Gasteiger partial charge in [0.2, 0.25) is 11.6 Å². The predicted molar refractivity (Wildman–Crippen MR) is 97.3 cm³/mol. The maximum atomic E-state index is 12.4. The summed E-state index contributed by atoms with van der Waals surface area (Å²) in [6.07, 6.45) is 1.61. The standard InChI is InChI=1S/C18H19N3O3S/c1-20-17(19)21-8-6-18(7-9-21)10-25-16-14(23)13(22)11-4-2-3-5-12(11)15(16)24-18/h2-5H,6-10H2,1H3,(H2,19,20). The molecule has 0 amide bonds. The number of allylic oxidation sites excluding steroid dienone is 1. The summed E-state index contributed by atoms with van der Waals surface area (Å²) in [5, 5.41) is 0. The molecule has 1 aliphatic carbocycles. The van der Waals surface area contributed by atoms with E-state index in [1.807, 2.05) is 17.0 Å². The smallest absolute Gasteiger partial charge is 0.243 e. The second-order valence-corrected chi connectivity index (χ2v) is 7.49. The number of Topliss-reactive ketones (excluding diaryl/α,β-unsaturated/α-hetero) is 2. The Bertz CT molecular complexity index is 823. The summed E-state index contributed by atoms with van der Waals surface area (Å²) in [5.41, 5.74) is 6.74. The van der Waals surface area contributed by atoms with Gasteiger partial charge in [0, 0.05) is 49.9 Å². The lowest BCUT2D eigenvalue weighted by Gasteiger charge is -2.45. The van der Waals surface area contributed by atoms with Crippen molar-refractivity contribution in [1.82, 2.24) is 4.90 Å². The third-order valence-corrected chi connectivity index (χ3v) is 6.39. The fourth-order valence-electron chi connectivity index (χ4n) is 3.54. The van der Waals surface area contributed by atoms with Crippen LogP contribution in [0, 0.1) is 0 Å². The number of benzene rings is 1. The first kappa shape index (κ1) is 16.2. The minimum Gasteiger partial charge on any atom is -0.484 e. The third-order valence-electron chi connectivity index (χ3n) is 5.06. The van der Waals surface area contributed by atoms with Crippen molar-refractivity contribution in [1.29, 1.82) is 0 Å². The lowest BCUT2D eigenvalue weighted by atomic mass is 9.90. The van der Waals surface area contributed by atoms with E-state index in [2.05, 4.69) is 4.99 Å². The van der Waals surface area contributed by atoms with Crippen molar-refractivity contribution in [2.45, 2.75) is 18.4 Å². The van der Waals surface area contributed by atoms with Gasteiger partial charge in [-0.05, 0) is 0 Å². The molecule has 4 rings (SSSR count). The highest BCUT2D eigenvalue weighted by atomic mass is 32.2. The highest BCUT2D eigenvalue weighted by Gasteiger charge is 2.46. The first-order chi connectivity index (χ1) is 12.0. The Morgan fingerprint density at radius 1 is 1.20 bits per heavy atom. The largest absolute Gasteiger partial charge is 0.484 e. The minimum atomic E-state index is -0.451. The molecule has 1 spiro atoms. The second-order valence-electron chi connectivity index (χ2n) is 6.50. The summed E-state index contributed by atoms with van der Waals surface area (Å²) in [7, 11) is 1.69. The van der Waals surface area contributed by atoms with Crippen LogP contribution in [0.15, 0.2) is 34.2 Å². The van der Waals surface area contributed by atoms with E-state index < -0.39 is 11.6 Å². The fourth-order valence-corrected chi connectivity index (χ4v) is 4.80. The van der Waals surface area contributed by atoms with E-state index in [1.54, 1.807) is 19.2 Å². The number of ketones is 2. The van der Waals surface area contributed by atoms with Gasteiger partial charge in [-0.2, -0.15) is 0 Å². The van der Waals surface area contributed by atoms with Gasteiger partial charge < -0.3 is 15.4 Å². The van der Waals surface area contributed by atoms with Crippen molar-refractivity contribution in [3.63, 3.8) is 0 Å². The average molecular weight is 357 g/mol. The fraction of sp³-hybridized carbons (Fsp3) is 0.389. The number of nitrogens with two attached hydrogens (primary N) is 1. The van der Waals surface area contributed by atoms with E-state index >= 15 is 0 Å². The van der Waals surface area contributed by atoms with Crippen LogP contribution in [0.4, 0.5) is 0 Å². The van der Waals surface area contributed by atoms with Crippen LogP contribution in [-0.2, 0) is 9.53 Å². The molecule has 130 valence electrons. The molecule has 0 radical (unpaired) electrons. The van der Waals surface area contributed by atoms with Crippen molar-refractivity contribution >= 4 is 35.0 Å². The summed E-state index contributed by atoms with van der Waals surface area (Å²) in [6.45, 7) is 1.53. The van der Waals surface area contributed by atoms with E-state index in [0.717, 1.165) is 31.5 Å². The third kappa shape index (κ3) is 2.54. The summed E-state index contributed by atoms with van der Waals surface area (Å²) in [4.78, 5) is 31.3. The number of rotatable bonds is 0. The van der Waals surface area contributed by atoms with Gasteiger partial charge in [-0.25, -0.2) is 0 Å². The van der Waals surface area contributed by atoms with Crippen LogP contribution in [0.1, 0.15) is 28.8 Å². The van der Waals surface area contributed by atoms with Gasteiger partial charge in [0.05, 0.1) is 0 Å². The molecule has 1 aromatic rings. The van der Waals surface area contributed by atoms with Gasteiger partial charge in [0.25, 0.3) is 0 Å². The van der Waals surface area contributed by atoms with Crippen molar-refractivity contribution in [2.75, 3.05) is 25.9 Å². The highest BCUT2D eigenvalue weighted by molar-refractivity contribution is 8.04. The molecule has 7 heteroatoms. The van der Waals surface area contributed by atoms with E-state index in [-0.39, 0.29) is 5.60 Å². The average Bonchev–Trinajstić information content (AvgIpc) is 2.66. The number of hydrogen-bond donors (Lipinski definition) is 1. The molecule has 1 saturated heterocycles. The van der Waals surface area contributed by atoms with Gasteiger partial charge >= 0.3 is 0 Å². The maximum Gasteiger partial charge on any atom is 0.243 e. The van der Waals surface area contributed by atoms with E-state index in [0.29, 0.717) is 27.9 Å². The van der Waals surface area contributed by atoms with Crippen LogP contribution in [-0.4, -0.2) is 53.9 Å². The lowest BCUT2D eigenvalue weighted by Crippen LogP contribution is -2.52. The molecule has 0 unspecified atom stereocenters. The zero-order valence-electron chi connectivity index (χ0n) is 13.9. The van der Waals surface area contributed by atoms with E-state index in [4.69, 9.17) is 10.5 Å². The first-order valence-electron chi connectivity index (χ1n) is 8.26. The lowest BCUT2D eigenvalue weighted by molar-refractivity contribution is -0.111. The molecule has 2 aliphatic heterocycles. The number of likely N-dealkylation sites (tertiary alicyclic amines) is 1. The summed E-state index contributed by atoms with van der Waals surface area (Å²) in [6, 6.07) is 7.18. The number of ether oxygens (including phenoxy) is 1. The number of hydrogen-bond acceptors (Lipinski definition) is 5. The molecule has 2 N–H and O–H groups in total. The van der Waals surface area contributed by atoms with Crippen LogP contribution in [0.5, 0.6) is 0 Å². The Hall–Kier alpha value is -2.28. The molecule has 0 atom stereocenters. The Labute approximate surface area is 150 Å². The Morgan fingerprint density at radius 3 is 2.56 bits per heavy atom. The van der Waals surface area contributed by atoms with E-state index in [9.17, 15) is 9.59 Å². The first-order valence-corrected chi connectivity index (χ1v) is 9.25. The number of guanidine groups is 1. The van der Waals surface area contributed by atoms with Gasteiger partial charge in [0.1, 0.15) is 16.3 Å². The monoisotopic (exact) mass is 357 g/mol. The number of piperidine rings is 1. The van der Waals surface area contributed by atoms with Gasteiger partial charge in [-0.1, -0.05) is 24.3 Å². The van der Waals surface area contributed by atoms with Gasteiger partial charge in [-0.15, -0.1) is 11.8 Å². The number of thioether (sulfide) groups is 1. The molecule has 1 fully saturated rings. The number of fused-ring (bicyclic) bond motifs is 2. The molecule has 3 aliphatic rings. The normalized spacial score (nSPS) is 22.6. The number of aliphatic imine (C=N–C) groups is 1. The van der Waals surface area contributed by atoms with Gasteiger partial charge in [-0.3, -0.25) is 14.6 Å². The number of carbonyl (C=O) groups excluding carboxylic acids is 2. The summed E-state index contributed by atoms with van der Waals surface area (Å²) < 4.78 is 6.40. The molecular weight excluding hydrogens is 338 g/mol. The molecule has 0 bridgehead atoms. The van der Waals surface area contributed by atoms with Crippen LogP contribution in [0.25, 0.3) is 5.76 Å². The SMILES string of the molecule is CN=C(N)N1CCC2(CC1)CSC1=C(O2)c2ccccc2C(=O)C1=O. The zero-order valence-corrected chi connectivity index (χ0v) is 14.8. The molecule has 25 heavy (non-hydrogen) atoms. The topological polar surface area (TPSA) is 85.0 Å². The molecule has 0 saturated carbocycles. The molecule has 6 nitrogen and oxygen atoms in total. The summed E-state index contributed by atoms with van der Waals surface area (Å²) >= 11 is 1.45. The molecular formula is C18H19N3O3S. The Balaban J connectivity index is 1.65. The van der Waals surface area contributed by atoms with E-state index in [1.165, 1.54) is 11.8 Å². The number of carbonyl (C=O) groups is 2. The van der Waals surface area contributed by atoms with Crippen molar-refractivity contribution in [3.05, 3.63) is 40.3 Å². The Kier molecular flexibility index (Phi) is 3.83. The van der Waals surface area contributed by atoms with Crippen LogP contribution >= 0.6 is 11.8 Å².